The number of carbonyl (C=O) groups is 2. The summed E-state index contributed by atoms with van der Waals surface area (Å²) in [7, 11) is 0. The van der Waals surface area contributed by atoms with E-state index in [2.05, 4.69) is 5.32 Å². The molecule has 1 heterocycles. The molecule has 150 valence electrons. The molecule has 0 saturated heterocycles. The van der Waals surface area contributed by atoms with E-state index in [-0.39, 0.29) is 37.5 Å². The average molecular weight is 398 g/mol. The number of nitro groups is 1. The summed E-state index contributed by atoms with van der Waals surface area (Å²) in [6.07, 6.45) is 1.82. The van der Waals surface area contributed by atoms with Crippen LogP contribution >= 0.6 is 0 Å². The molecule has 0 unspecified atom stereocenters. The summed E-state index contributed by atoms with van der Waals surface area (Å²) in [5.41, 5.74) is 1.73. The Kier molecular flexibility index (Phi) is 5.13. The van der Waals surface area contributed by atoms with Crippen molar-refractivity contribution in [2.45, 2.75) is 26.1 Å². The second kappa shape index (κ2) is 7.88. The van der Waals surface area contributed by atoms with Gasteiger partial charge in [-0.2, -0.15) is 0 Å². The van der Waals surface area contributed by atoms with Crippen molar-refractivity contribution in [1.82, 2.24) is 0 Å². The van der Waals surface area contributed by atoms with Gasteiger partial charge in [-0.05, 0) is 37.1 Å². The predicted octanol–water partition coefficient (Wildman–Crippen LogP) is 3.17. The number of anilines is 1. The Morgan fingerprint density at radius 1 is 1.21 bits per heavy atom. The lowest BCUT2D eigenvalue weighted by Crippen LogP contribution is -2.15. The Labute approximate surface area is 165 Å². The highest BCUT2D eigenvalue weighted by Gasteiger charge is 2.29. The number of rotatable bonds is 6. The van der Waals surface area contributed by atoms with Crippen LogP contribution in [0.2, 0.25) is 0 Å². The minimum absolute atomic E-state index is 0.0141. The summed E-state index contributed by atoms with van der Waals surface area (Å²) in [4.78, 5) is 34.7. The fourth-order valence-corrected chi connectivity index (χ4v) is 3.00. The Balaban J connectivity index is 1.43. The highest BCUT2D eigenvalue weighted by molar-refractivity contribution is 5.95. The Morgan fingerprint density at radius 3 is 2.66 bits per heavy atom. The number of hydrogen-bond acceptors (Lipinski definition) is 7. The highest BCUT2D eigenvalue weighted by atomic mass is 16.7. The van der Waals surface area contributed by atoms with E-state index >= 15 is 0 Å². The molecule has 1 fully saturated rings. The van der Waals surface area contributed by atoms with E-state index in [4.69, 9.17) is 14.2 Å². The van der Waals surface area contributed by atoms with Gasteiger partial charge in [-0.25, -0.2) is 4.79 Å². The van der Waals surface area contributed by atoms with Crippen molar-refractivity contribution in [2.75, 3.05) is 12.1 Å². The molecule has 9 nitrogen and oxygen atoms in total. The summed E-state index contributed by atoms with van der Waals surface area (Å²) >= 11 is 0. The van der Waals surface area contributed by atoms with Crippen LogP contribution in [0.15, 0.2) is 36.4 Å². The second-order valence-corrected chi connectivity index (χ2v) is 6.88. The molecule has 2 aliphatic rings. The molecule has 4 rings (SSSR count). The van der Waals surface area contributed by atoms with Gasteiger partial charge in [-0.3, -0.25) is 14.9 Å². The number of amides is 1. The van der Waals surface area contributed by atoms with E-state index in [1.807, 2.05) is 0 Å². The summed E-state index contributed by atoms with van der Waals surface area (Å²) in [6, 6.07) is 9.08. The molecule has 2 aromatic carbocycles. The maximum absolute atomic E-state index is 12.3. The van der Waals surface area contributed by atoms with Crippen LogP contribution in [-0.4, -0.2) is 23.6 Å². The SMILES string of the molecule is O=C(OCc1cc([N+](=O)[O-])cc2c1OCOC2)c1ccc(NC(=O)C2CC2)cc1. The van der Waals surface area contributed by atoms with E-state index in [0.717, 1.165) is 12.8 Å². The molecule has 1 saturated carbocycles. The van der Waals surface area contributed by atoms with Crippen molar-refractivity contribution >= 4 is 23.3 Å². The van der Waals surface area contributed by atoms with Gasteiger partial charge in [-0.15, -0.1) is 0 Å². The zero-order valence-electron chi connectivity index (χ0n) is 15.4. The average Bonchev–Trinajstić information content (AvgIpc) is 3.57. The van der Waals surface area contributed by atoms with Crippen molar-refractivity contribution in [1.29, 1.82) is 0 Å². The number of nitrogens with one attached hydrogen (secondary N) is 1. The number of hydrogen-bond donors (Lipinski definition) is 1. The van der Waals surface area contributed by atoms with Crippen LogP contribution in [0.25, 0.3) is 0 Å². The topological polar surface area (TPSA) is 117 Å². The Morgan fingerprint density at radius 2 is 1.97 bits per heavy atom. The van der Waals surface area contributed by atoms with Crippen LogP contribution in [0.1, 0.15) is 34.3 Å². The number of nitrogens with zero attached hydrogens (tertiary/aromatic N) is 1. The van der Waals surface area contributed by atoms with Crippen LogP contribution in [0.4, 0.5) is 11.4 Å². The van der Waals surface area contributed by atoms with E-state index in [1.165, 1.54) is 12.1 Å². The van der Waals surface area contributed by atoms with Gasteiger partial charge in [-0.1, -0.05) is 0 Å². The number of carbonyl (C=O) groups excluding carboxylic acids is 2. The molecule has 0 radical (unpaired) electrons. The van der Waals surface area contributed by atoms with Gasteiger partial charge in [0.25, 0.3) is 5.69 Å². The van der Waals surface area contributed by atoms with E-state index < -0.39 is 10.9 Å². The molecule has 1 N–H and O–H groups in total. The third kappa shape index (κ3) is 4.35. The lowest BCUT2D eigenvalue weighted by molar-refractivity contribution is -0.385. The number of benzene rings is 2. The molecule has 9 heteroatoms. The van der Waals surface area contributed by atoms with Crippen molar-refractivity contribution < 1.29 is 28.7 Å². The smallest absolute Gasteiger partial charge is 0.338 e. The van der Waals surface area contributed by atoms with Gasteiger partial charge in [0.2, 0.25) is 5.91 Å². The van der Waals surface area contributed by atoms with Crippen molar-refractivity contribution in [3.63, 3.8) is 0 Å². The number of ether oxygens (including phenoxy) is 3. The summed E-state index contributed by atoms with van der Waals surface area (Å²) in [5, 5.41) is 13.9. The van der Waals surface area contributed by atoms with Crippen LogP contribution in [0.3, 0.4) is 0 Å². The number of esters is 1. The first kappa shape index (κ1) is 18.9. The lowest BCUT2D eigenvalue weighted by Gasteiger charge is -2.20. The van der Waals surface area contributed by atoms with Crippen molar-refractivity contribution in [3.8, 4) is 5.75 Å². The van der Waals surface area contributed by atoms with Crippen LogP contribution in [-0.2, 0) is 27.5 Å². The monoisotopic (exact) mass is 398 g/mol. The van der Waals surface area contributed by atoms with Crippen LogP contribution in [0.5, 0.6) is 5.75 Å². The number of nitro benzene ring substituents is 1. The number of fused-ring (bicyclic) bond motifs is 1. The Bertz CT molecular complexity index is 968. The Hall–Kier alpha value is -3.46. The minimum Gasteiger partial charge on any atom is -0.467 e. The van der Waals surface area contributed by atoms with Gasteiger partial charge in [0, 0.05) is 34.9 Å². The second-order valence-electron chi connectivity index (χ2n) is 6.88. The molecule has 29 heavy (non-hydrogen) atoms. The summed E-state index contributed by atoms with van der Waals surface area (Å²) in [5.74, 6) is -0.0713. The molecular weight excluding hydrogens is 380 g/mol. The molecular formula is C20H18N2O7. The first-order valence-corrected chi connectivity index (χ1v) is 9.10. The van der Waals surface area contributed by atoms with Crippen LogP contribution in [0, 0.1) is 16.0 Å². The van der Waals surface area contributed by atoms with E-state index in [9.17, 15) is 19.7 Å². The zero-order valence-corrected chi connectivity index (χ0v) is 15.4. The van der Waals surface area contributed by atoms with Crippen molar-refractivity contribution in [2.24, 2.45) is 5.92 Å². The van der Waals surface area contributed by atoms with Gasteiger partial charge in [0.05, 0.1) is 17.1 Å². The summed E-state index contributed by atoms with van der Waals surface area (Å²) in [6.45, 7) is 0.0365. The maximum atomic E-state index is 12.3. The van der Waals surface area contributed by atoms with E-state index in [1.54, 1.807) is 24.3 Å². The molecule has 0 aromatic heterocycles. The molecule has 2 aromatic rings. The largest absolute Gasteiger partial charge is 0.467 e. The molecule has 0 bridgehead atoms. The molecule has 0 spiro atoms. The first-order chi connectivity index (χ1) is 14.0. The standard InChI is InChI=1S/C20H18N2O7/c23-19(12-1-2-12)21-16-5-3-13(4-6-16)20(24)28-10-15-8-17(22(25)26)7-14-9-27-11-29-18(14)15/h3-8,12H,1-2,9-11H2,(H,21,23). The lowest BCUT2D eigenvalue weighted by atomic mass is 10.1. The van der Waals surface area contributed by atoms with E-state index in [0.29, 0.717) is 28.1 Å². The zero-order chi connectivity index (χ0) is 20.4. The third-order valence-corrected chi connectivity index (χ3v) is 4.68. The quantitative estimate of drug-likeness (QED) is 0.451. The fourth-order valence-electron chi connectivity index (χ4n) is 3.00. The first-order valence-electron chi connectivity index (χ1n) is 9.10. The maximum Gasteiger partial charge on any atom is 0.338 e. The third-order valence-electron chi connectivity index (χ3n) is 4.68. The van der Waals surface area contributed by atoms with Crippen LogP contribution < -0.4 is 10.1 Å². The van der Waals surface area contributed by atoms with Crippen molar-refractivity contribution in [3.05, 3.63) is 63.2 Å². The van der Waals surface area contributed by atoms with Gasteiger partial charge >= 0.3 is 5.97 Å². The normalized spacial score (nSPS) is 15.0. The fraction of sp³-hybridized carbons (Fsp3) is 0.300. The van der Waals surface area contributed by atoms with Gasteiger partial charge in [0.1, 0.15) is 12.4 Å². The predicted molar refractivity (Wildman–Crippen MR) is 100 cm³/mol. The minimum atomic E-state index is -0.586. The molecule has 1 aliphatic heterocycles. The molecule has 1 amide bonds. The van der Waals surface area contributed by atoms with Gasteiger partial charge < -0.3 is 19.5 Å². The summed E-state index contributed by atoms with van der Waals surface area (Å²) < 4.78 is 15.9. The highest BCUT2D eigenvalue weighted by Crippen LogP contribution is 2.33. The van der Waals surface area contributed by atoms with Gasteiger partial charge in [0.15, 0.2) is 6.79 Å². The number of non-ortho nitro benzene ring substituents is 1. The molecule has 0 atom stereocenters. The molecule has 1 aliphatic carbocycles.